The van der Waals surface area contributed by atoms with Crippen LogP contribution in [0.1, 0.15) is 29.7 Å². The van der Waals surface area contributed by atoms with E-state index in [1.165, 1.54) is 22.8 Å². The van der Waals surface area contributed by atoms with Crippen molar-refractivity contribution >= 4 is 11.8 Å². The van der Waals surface area contributed by atoms with Gasteiger partial charge in [-0.3, -0.25) is 0 Å². The molecule has 0 heterocycles. The quantitative estimate of drug-likeness (QED) is 0.763. The highest BCUT2D eigenvalue weighted by molar-refractivity contribution is 7.99. The number of hydrogen-bond donors (Lipinski definition) is 1. The van der Waals surface area contributed by atoms with Crippen molar-refractivity contribution in [1.82, 2.24) is 5.32 Å². The second-order valence-corrected chi connectivity index (χ2v) is 6.26. The molecule has 0 aliphatic heterocycles. The van der Waals surface area contributed by atoms with Crippen LogP contribution in [0.5, 0.6) is 0 Å². The third kappa shape index (κ3) is 4.32. The molecule has 0 aliphatic rings. The summed E-state index contributed by atoms with van der Waals surface area (Å²) in [4.78, 5) is 0.975. The van der Waals surface area contributed by atoms with Gasteiger partial charge in [0.15, 0.2) is 0 Å². The predicted octanol–water partition coefficient (Wildman–Crippen LogP) is 4.89. The fraction of sp³-hybridized carbons (Fsp3) is 0.333. The van der Waals surface area contributed by atoms with E-state index in [9.17, 15) is 4.39 Å². The molecule has 0 saturated carbocycles. The van der Waals surface area contributed by atoms with Crippen LogP contribution in [-0.2, 0) is 0 Å². The maximum Gasteiger partial charge on any atom is 0.124 e. The number of halogens is 1. The zero-order chi connectivity index (χ0) is 15.2. The fourth-order valence-electron chi connectivity index (χ4n) is 2.39. The topological polar surface area (TPSA) is 12.0 Å². The van der Waals surface area contributed by atoms with E-state index in [1.807, 2.05) is 6.07 Å². The number of thioether (sulfide) groups is 1. The Hall–Kier alpha value is -1.32. The molecule has 1 atom stereocenters. The van der Waals surface area contributed by atoms with E-state index < -0.39 is 0 Å². The van der Waals surface area contributed by atoms with Gasteiger partial charge in [0.1, 0.15) is 5.82 Å². The molecule has 0 fully saturated rings. The van der Waals surface area contributed by atoms with Crippen LogP contribution in [-0.4, -0.2) is 12.3 Å². The van der Waals surface area contributed by atoms with Crippen LogP contribution in [0.4, 0.5) is 4.39 Å². The zero-order valence-electron chi connectivity index (χ0n) is 12.8. The summed E-state index contributed by atoms with van der Waals surface area (Å²) in [6.45, 7) is 7.34. The lowest BCUT2D eigenvalue weighted by Crippen LogP contribution is -2.24. The Morgan fingerprint density at radius 1 is 1.14 bits per heavy atom. The van der Waals surface area contributed by atoms with Crippen LogP contribution in [0.3, 0.4) is 0 Å². The first-order chi connectivity index (χ1) is 10.1. The molecule has 1 unspecified atom stereocenters. The largest absolute Gasteiger partial charge is 0.309 e. The maximum absolute atomic E-state index is 13.3. The molecular weight excluding hydrogens is 281 g/mol. The number of benzene rings is 2. The SMILES string of the molecule is CCNC(CSc1cccc(F)c1)c1cccc(C)c1C. The molecule has 0 bridgehead atoms. The third-order valence-electron chi connectivity index (χ3n) is 3.69. The monoisotopic (exact) mass is 303 g/mol. The Balaban J connectivity index is 2.14. The minimum absolute atomic E-state index is 0.174. The van der Waals surface area contributed by atoms with Gasteiger partial charge in [-0.15, -0.1) is 11.8 Å². The van der Waals surface area contributed by atoms with Crippen molar-refractivity contribution in [1.29, 1.82) is 0 Å². The first kappa shape index (κ1) is 16.1. The highest BCUT2D eigenvalue weighted by Crippen LogP contribution is 2.27. The molecule has 0 spiro atoms. The van der Waals surface area contributed by atoms with Gasteiger partial charge in [0.05, 0.1) is 0 Å². The van der Waals surface area contributed by atoms with Crippen molar-refractivity contribution < 1.29 is 4.39 Å². The van der Waals surface area contributed by atoms with Crippen LogP contribution in [0.2, 0.25) is 0 Å². The van der Waals surface area contributed by atoms with Gasteiger partial charge in [0.2, 0.25) is 0 Å². The predicted molar refractivity (Wildman–Crippen MR) is 89.5 cm³/mol. The first-order valence-corrected chi connectivity index (χ1v) is 8.28. The van der Waals surface area contributed by atoms with E-state index in [4.69, 9.17) is 0 Å². The van der Waals surface area contributed by atoms with Crippen LogP contribution < -0.4 is 5.32 Å². The smallest absolute Gasteiger partial charge is 0.124 e. The summed E-state index contributed by atoms with van der Waals surface area (Å²) < 4.78 is 13.3. The summed E-state index contributed by atoms with van der Waals surface area (Å²) in [5.74, 6) is 0.716. The molecule has 0 aromatic heterocycles. The van der Waals surface area contributed by atoms with Crippen LogP contribution in [0.15, 0.2) is 47.4 Å². The molecule has 3 heteroatoms. The standard InChI is InChI=1S/C18H22FNS/c1-4-20-18(17-10-5-7-13(2)14(17)3)12-21-16-9-6-8-15(19)11-16/h5-11,18,20H,4,12H2,1-3H3. The van der Waals surface area contributed by atoms with Gasteiger partial charge in [-0.25, -0.2) is 4.39 Å². The fourth-order valence-corrected chi connectivity index (χ4v) is 3.42. The second kappa shape index (κ2) is 7.62. The molecular formula is C18H22FNS. The van der Waals surface area contributed by atoms with Gasteiger partial charge >= 0.3 is 0 Å². The van der Waals surface area contributed by atoms with Gasteiger partial charge in [-0.1, -0.05) is 31.2 Å². The van der Waals surface area contributed by atoms with Gasteiger partial charge in [-0.05, 0) is 55.3 Å². The Morgan fingerprint density at radius 2 is 1.90 bits per heavy atom. The molecule has 0 radical (unpaired) electrons. The maximum atomic E-state index is 13.3. The highest BCUT2D eigenvalue weighted by atomic mass is 32.2. The summed E-state index contributed by atoms with van der Waals surface area (Å²) >= 11 is 1.69. The average Bonchev–Trinajstić information content (AvgIpc) is 2.47. The van der Waals surface area contributed by atoms with E-state index in [0.29, 0.717) is 0 Å². The summed E-state index contributed by atoms with van der Waals surface area (Å²) in [6.07, 6.45) is 0. The first-order valence-electron chi connectivity index (χ1n) is 7.29. The molecule has 0 aliphatic carbocycles. The molecule has 0 saturated heterocycles. The Kier molecular flexibility index (Phi) is 5.83. The van der Waals surface area contributed by atoms with E-state index in [-0.39, 0.29) is 11.9 Å². The van der Waals surface area contributed by atoms with Crippen molar-refractivity contribution in [2.24, 2.45) is 0 Å². The van der Waals surface area contributed by atoms with Gasteiger partial charge in [0.25, 0.3) is 0 Å². The van der Waals surface area contributed by atoms with Crippen molar-refractivity contribution in [2.75, 3.05) is 12.3 Å². The Morgan fingerprint density at radius 3 is 2.62 bits per heavy atom. The third-order valence-corrected chi connectivity index (χ3v) is 4.77. The molecule has 112 valence electrons. The molecule has 2 rings (SSSR count). The second-order valence-electron chi connectivity index (χ2n) is 5.17. The molecule has 21 heavy (non-hydrogen) atoms. The van der Waals surface area contributed by atoms with E-state index in [0.717, 1.165) is 17.2 Å². The van der Waals surface area contributed by atoms with E-state index in [1.54, 1.807) is 23.9 Å². The number of hydrogen-bond acceptors (Lipinski definition) is 2. The van der Waals surface area contributed by atoms with E-state index in [2.05, 4.69) is 44.3 Å². The number of nitrogens with one attached hydrogen (secondary N) is 1. The average molecular weight is 303 g/mol. The Labute approximate surface area is 131 Å². The van der Waals surface area contributed by atoms with E-state index >= 15 is 0 Å². The van der Waals surface area contributed by atoms with Crippen LogP contribution >= 0.6 is 11.8 Å². The molecule has 0 amide bonds. The summed E-state index contributed by atoms with van der Waals surface area (Å²) in [5, 5.41) is 3.54. The van der Waals surface area contributed by atoms with Crippen LogP contribution in [0.25, 0.3) is 0 Å². The zero-order valence-corrected chi connectivity index (χ0v) is 13.6. The molecule has 1 N–H and O–H groups in total. The van der Waals surface area contributed by atoms with Gasteiger partial charge < -0.3 is 5.32 Å². The Bertz CT molecular complexity index is 598. The number of aryl methyl sites for hydroxylation is 1. The summed E-state index contributed by atoms with van der Waals surface area (Å²) in [7, 11) is 0. The van der Waals surface area contributed by atoms with Crippen molar-refractivity contribution in [3.8, 4) is 0 Å². The van der Waals surface area contributed by atoms with Gasteiger partial charge in [-0.2, -0.15) is 0 Å². The minimum atomic E-state index is -0.174. The lowest BCUT2D eigenvalue weighted by molar-refractivity contribution is 0.602. The summed E-state index contributed by atoms with van der Waals surface area (Å²) in [5.41, 5.74) is 3.98. The lowest BCUT2D eigenvalue weighted by Gasteiger charge is -2.21. The van der Waals surface area contributed by atoms with Crippen molar-refractivity contribution in [3.63, 3.8) is 0 Å². The molecule has 2 aromatic carbocycles. The summed E-state index contributed by atoms with van der Waals surface area (Å²) in [6, 6.07) is 13.5. The minimum Gasteiger partial charge on any atom is -0.309 e. The normalized spacial score (nSPS) is 12.4. The highest BCUT2D eigenvalue weighted by Gasteiger charge is 2.14. The lowest BCUT2D eigenvalue weighted by atomic mass is 9.98. The van der Waals surface area contributed by atoms with Crippen LogP contribution in [0, 0.1) is 19.7 Å². The van der Waals surface area contributed by atoms with Crippen molar-refractivity contribution in [2.45, 2.75) is 31.7 Å². The number of rotatable bonds is 6. The van der Waals surface area contributed by atoms with Gasteiger partial charge in [0, 0.05) is 16.7 Å². The van der Waals surface area contributed by atoms with Crippen molar-refractivity contribution in [3.05, 3.63) is 65.0 Å². The molecule has 2 aromatic rings. The molecule has 1 nitrogen and oxygen atoms in total.